The zero-order chi connectivity index (χ0) is 88.9. The monoisotopic (exact) mass is 1770 g/mol. The van der Waals surface area contributed by atoms with E-state index in [1.165, 1.54) is 244 Å². The van der Waals surface area contributed by atoms with Crippen LogP contribution in [0.25, 0.3) is 0 Å². The molecule has 3 aliphatic rings. The van der Waals surface area contributed by atoms with Gasteiger partial charge in [0, 0.05) is 25.7 Å². The van der Waals surface area contributed by atoms with E-state index >= 15 is 0 Å². The van der Waals surface area contributed by atoms with E-state index in [4.69, 9.17) is 46.9 Å². The molecule has 1 aliphatic carbocycles. The van der Waals surface area contributed by atoms with Crippen molar-refractivity contribution in [3.63, 3.8) is 0 Å². The first-order valence-electron chi connectivity index (χ1n) is 50.3. The van der Waals surface area contributed by atoms with E-state index in [1.807, 2.05) is 0 Å². The Hall–Kier alpha value is -2.53. The molecule has 2 heterocycles. The molecule has 10 N–H and O–H groups in total. The van der Waals surface area contributed by atoms with Gasteiger partial charge in [0.2, 0.25) is 0 Å². The summed E-state index contributed by atoms with van der Waals surface area (Å²) in [6.07, 6.45) is 34.8. The number of phosphoric acid groups is 1. The Morgan fingerprint density at radius 2 is 0.566 bits per heavy atom. The average Bonchev–Trinajstić information content (AvgIpc) is 0.754. The molecule has 0 amide bonds. The standard InChI is InChI=1S/C96H181O25P/c1-5-9-13-17-21-25-29-33-37-41-44-48-52-56-60-64-68-79(98)112-73-76(115-81(100)70-66-62-58-54-50-46-40-36-32-28-24-20-16-12-8-4)74-114-122(110,111)121-94-92(119-95-89(108)85(104)83(102)77(72-97)116-95)88(107)87(106)91(118-82(101)71-67-63-59-55-51-47-43-39-35-31-27-23-19-15-11-7-3)93(94)120-96-90(109)86(105)84(103)78(117-96)75-113-80(99)69-65-61-57-53-49-45-42-38-34-30-26-22-18-14-10-6-2/h76-78,83-97,102-109H,5-75H2,1-4H3,(H,110,111). The van der Waals surface area contributed by atoms with Gasteiger partial charge in [-0.25, -0.2) is 4.57 Å². The van der Waals surface area contributed by atoms with Crippen LogP contribution < -0.4 is 0 Å². The number of carbonyl (C=O) groups is 4. The first-order valence-corrected chi connectivity index (χ1v) is 51.8. The number of carbonyl (C=O) groups excluding carboxylic acids is 4. The van der Waals surface area contributed by atoms with Gasteiger partial charge >= 0.3 is 31.7 Å². The molecule has 0 aromatic heterocycles. The highest BCUT2D eigenvalue weighted by Gasteiger charge is 2.60. The highest BCUT2D eigenvalue weighted by Crippen LogP contribution is 2.49. The van der Waals surface area contributed by atoms with Crippen molar-refractivity contribution in [1.29, 1.82) is 0 Å². The largest absolute Gasteiger partial charge is 0.472 e. The van der Waals surface area contributed by atoms with Crippen molar-refractivity contribution in [2.24, 2.45) is 0 Å². The second-order valence-electron chi connectivity index (χ2n) is 36.0. The van der Waals surface area contributed by atoms with Gasteiger partial charge in [-0.15, -0.1) is 0 Å². The Labute approximate surface area is 738 Å². The lowest BCUT2D eigenvalue weighted by Gasteiger charge is -2.50. The van der Waals surface area contributed by atoms with Crippen molar-refractivity contribution in [3.8, 4) is 0 Å². The fourth-order valence-electron chi connectivity index (χ4n) is 16.9. The van der Waals surface area contributed by atoms with Crippen LogP contribution in [0.2, 0.25) is 0 Å². The Morgan fingerprint density at radius 1 is 0.295 bits per heavy atom. The van der Waals surface area contributed by atoms with Crippen molar-refractivity contribution >= 4 is 31.7 Å². The van der Waals surface area contributed by atoms with Gasteiger partial charge in [-0.3, -0.25) is 28.2 Å². The third kappa shape index (κ3) is 54.2. The van der Waals surface area contributed by atoms with E-state index < -0.39 is 162 Å². The van der Waals surface area contributed by atoms with Crippen LogP contribution in [-0.4, -0.2) is 205 Å². The molecule has 0 aromatic carbocycles. The summed E-state index contributed by atoms with van der Waals surface area (Å²) in [5, 5.41) is 103. The van der Waals surface area contributed by atoms with Gasteiger partial charge in [-0.1, -0.05) is 407 Å². The summed E-state index contributed by atoms with van der Waals surface area (Å²) in [7, 11) is -5.81. The Kier molecular flexibility index (Phi) is 70.0. The lowest BCUT2D eigenvalue weighted by molar-refractivity contribution is -0.360. The first kappa shape index (κ1) is 114. The lowest BCUT2D eigenvalue weighted by Crippen LogP contribution is -2.70. The van der Waals surface area contributed by atoms with Crippen LogP contribution in [0.1, 0.15) is 458 Å². The van der Waals surface area contributed by atoms with Crippen LogP contribution in [0, 0.1) is 0 Å². The van der Waals surface area contributed by atoms with Crippen LogP contribution in [0.15, 0.2) is 0 Å². The van der Waals surface area contributed by atoms with Crippen LogP contribution in [0.5, 0.6) is 0 Å². The molecule has 720 valence electrons. The van der Waals surface area contributed by atoms with Gasteiger partial charge in [-0.05, 0) is 25.7 Å². The summed E-state index contributed by atoms with van der Waals surface area (Å²) in [5.41, 5.74) is 0. The van der Waals surface area contributed by atoms with Gasteiger partial charge in [0.05, 0.1) is 13.2 Å². The first-order chi connectivity index (χ1) is 59.2. The molecule has 122 heavy (non-hydrogen) atoms. The number of hydrogen-bond acceptors (Lipinski definition) is 24. The molecule has 1 saturated carbocycles. The second kappa shape index (κ2) is 75.2. The maximum Gasteiger partial charge on any atom is 0.472 e. The van der Waals surface area contributed by atoms with E-state index in [-0.39, 0.29) is 25.7 Å². The normalized spacial score (nSPS) is 24.4. The summed E-state index contributed by atoms with van der Waals surface area (Å²) in [5.74, 6) is -2.93. The molecule has 3 rings (SSSR count). The van der Waals surface area contributed by atoms with Gasteiger partial charge < -0.3 is 88.7 Å². The number of ether oxygens (including phenoxy) is 8. The zero-order valence-corrected chi connectivity index (χ0v) is 78.0. The third-order valence-corrected chi connectivity index (χ3v) is 25.8. The molecule has 0 spiro atoms. The van der Waals surface area contributed by atoms with Gasteiger partial charge in [-0.2, -0.15) is 0 Å². The topological polar surface area (TPSA) is 380 Å². The fourth-order valence-corrected chi connectivity index (χ4v) is 17.9. The summed E-state index contributed by atoms with van der Waals surface area (Å²) < 4.78 is 73.7. The third-order valence-electron chi connectivity index (χ3n) is 24.9. The van der Waals surface area contributed by atoms with Crippen LogP contribution in [0.4, 0.5) is 0 Å². The molecular formula is C96H181O25P. The number of phosphoric ester groups is 1. The summed E-state index contributed by atoms with van der Waals surface area (Å²) in [6, 6.07) is 0. The summed E-state index contributed by atoms with van der Waals surface area (Å²) in [4.78, 5) is 66.7. The van der Waals surface area contributed by atoms with E-state index in [0.29, 0.717) is 32.1 Å². The molecule has 2 saturated heterocycles. The molecule has 25 nitrogen and oxygen atoms in total. The Bertz CT molecular complexity index is 2520. The number of hydrogen-bond donors (Lipinski definition) is 10. The van der Waals surface area contributed by atoms with E-state index in [0.717, 1.165) is 128 Å². The zero-order valence-electron chi connectivity index (χ0n) is 77.1. The molecule has 3 fully saturated rings. The molecular weight excluding hydrogens is 1580 g/mol. The minimum atomic E-state index is -5.81. The van der Waals surface area contributed by atoms with Crippen LogP contribution >= 0.6 is 7.82 Å². The highest BCUT2D eigenvalue weighted by molar-refractivity contribution is 7.47. The molecule has 0 bridgehead atoms. The van der Waals surface area contributed by atoms with Crippen molar-refractivity contribution in [1.82, 2.24) is 0 Å². The molecule has 26 heteroatoms. The SMILES string of the molecule is CCCCCCCCCCCCCCCCCCC(=O)OCC(COP(=O)(O)OC1C(OC2OC(CO)C(O)C(O)C2O)C(O)C(O)C(OC(=O)CCCCCCCCCCCCCCCCCC)C1OC1OC(COC(=O)CCCCCCCCCCCCCCCCCC)C(O)C(O)C1O)OC(=O)CCCCCCCCCCCCCCCCC. The minimum absolute atomic E-state index is 0.0206. The van der Waals surface area contributed by atoms with E-state index in [9.17, 15) is 74.6 Å². The average molecular weight is 1770 g/mol. The Balaban J connectivity index is 1.89. The minimum Gasteiger partial charge on any atom is -0.463 e. The molecule has 18 unspecified atom stereocenters. The van der Waals surface area contributed by atoms with Gasteiger partial charge in [0.25, 0.3) is 0 Å². The molecule has 0 aromatic rings. The van der Waals surface area contributed by atoms with Crippen molar-refractivity contribution in [3.05, 3.63) is 0 Å². The Morgan fingerprint density at radius 3 is 0.893 bits per heavy atom. The maximum atomic E-state index is 14.9. The highest BCUT2D eigenvalue weighted by atomic mass is 31.2. The second-order valence-corrected chi connectivity index (χ2v) is 37.4. The van der Waals surface area contributed by atoms with Gasteiger partial charge in [0.15, 0.2) is 24.8 Å². The van der Waals surface area contributed by atoms with Crippen LogP contribution in [-0.2, 0) is 70.7 Å². The van der Waals surface area contributed by atoms with Crippen molar-refractivity contribution in [2.45, 2.75) is 562 Å². The lowest BCUT2D eigenvalue weighted by atomic mass is 9.84. The summed E-state index contributed by atoms with van der Waals surface area (Å²) >= 11 is 0. The van der Waals surface area contributed by atoms with Crippen molar-refractivity contribution < 1.29 is 122 Å². The van der Waals surface area contributed by atoms with Crippen molar-refractivity contribution in [2.75, 3.05) is 26.4 Å². The van der Waals surface area contributed by atoms with E-state index in [2.05, 4.69) is 27.7 Å². The number of esters is 4. The number of rotatable bonds is 83. The molecule has 18 atom stereocenters. The summed E-state index contributed by atoms with van der Waals surface area (Å²) in [6.45, 7) is 5.68. The molecule has 0 radical (unpaired) electrons. The smallest absolute Gasteiger partial charge is 0.463 e. The maximum absolute atomic E-state index is 14.9. The van der Waals surface area contributed by atoms with Crippen LogP contribution in [0.3, 0.4) is 0 Å². The predicted molar refractivity (Wildman–Crippen MR) is 477 cm³/mol. The van der Waals surface area contributed by atoms with E-state index in [1.54, 1.807) is 0 Å². The molecule has 2 aliphatic heterocycles. The number of aliphatic hydroxyl groups is 9. The van der Waals surface area contributed by atoms with Gasteiger partial charge in [0.1, 0.15) is 92.6 Å². The number of unbranched alkanes of at least 4 members (excludes halogenated alkanes) is 59. The fraction of sp³-hybridized carbons (Fsp3) is 0.958. The number of aliphatic hydroxyl groups excluding tert-OH is 9. The predicted octanol–water partition coefficient (Wildman–Crippen LogP) is 19.7. The quantitative estimate of drug-likeness (QED) is 0.0117.